The van der Waals surface area contributed by atoms with Gasteiger partial charge in [-0.05, 0) is 14.0 Å². The number of nitrogen functional groups attached to an aromatic ring is 1. The van der Waals surface area contributed by atoms with E-state index in [1.165, 1.54) is 7.05 Å². The molecule has 17 heavy (non-hydrogen) atoms. The number of hydrogen-bond acceptors (Lipinski definition) is 7. The Morgan fingerprint density at radius 3 is 2.59 bits per heavy atom. The Morgan fingerprint density at radius 1 is 1.35 bits per heavy atom. The molecule has 5 N–H and O–H groups in total. The van der Waals surface area contributed by atoms with Gasteiger partial charge in [-0.2, -0.15) is 0 Å². The molecule has 0 saturated heterocycles. The van der Waals surface area contributed by atoms with E-state index >= 15 is 0 Å². The average Bonchev–Trinajstić information content (AvgIpc) is 2.28. The second kappa shape index (κ2) is 5.75. The van der Waals surface area contributed by atoms with Crippen LogP contribution in [-0.4, -0.2) is 37.7 Å². The lowest BCUT2D eigenvalue weighted by Crippen LogP contribution is -2.26. The number of nitrogens with two attached hydrogens (primary N) is 1. The van der Waals surface area contributed by atoms with Gasteiger partial charge in [0.15, 0.2) is 0 Å². The molecular formula is C8H16N6O2S. The Kier molecular flexibility index (Phi) is 4.61. The van der Waals surface area contributed by atoms with Gasteiger partial charge in [-0.15, -0.1) is 0 Å². The lowest BCUT2D eigenvalue weighted by Gasteiger charge is -2.08. The smallest absolute Gasteiger partial charge is 0.213 e. The second-order valence-electron chi connectivity index (χ2n) is 3.28. The van der Waals surface area contributed by atoms with E-state index < -0.39 is 10.0 Å². The highest BCUT2D eigenvalue weighted by Gasteiger charge is 2.06. The molecule has 0 spiro atoms. The Hall–Kier alpha value is -1.45. The van der Waals surface area contributed by atoms with E-state index in [0.29, 0.717) is 17.5 Å². The van der Waals surface area contributed by atoms with Crippen LogP contribution < -0.4 is 21.3 Å². The molecule has 1 heterocycles. The van der Waals surface area contributed by atoms with E-state index in [9.17, 15) is 8.42 Å². The number of hydrogen-bond donors (Lipinski definition) is 4. The zero-order valence-corrected chi connectivity index (χ0v) is 10.5. The fourth-order valence-electron chi connectivity index (χ4n) is 1.15. The number of sulfonamides is 1. The van der Waals surface area contributed by atoms with Crippen molar-refractivity contribution in [3.8, 4) is 0 Å². The number of aryl methyl sites for hydroxylation is 1. The van der Waals surface area contributed by atoms with Crippen molar-refractivity contribution in [3.05, 3.63) is 11.9 Å². The molecule has 0 amide bonds. The summed E-state index contributed by atoms with van der Waals surface area (Å²) < 4.78 is 24.6. The van der Waals surface area contributed by atoms with Gasteiger partial charge < -0.3 is 10.7 Å². The largest absolute Gasteiger partial charge is 0.369 e. The molecule has 1 aromatic rings. The van der Waals surface area contributed by atoms with Gasteiger partial charge in [-0.1, -0.05) is 0 Å². The summed E-state index contributed by atoms with van der Waals surface area (Å²) in [7, 11) is -1.84. The van der Waals surface area contributed by atoms with E-state index in [1.807, 2.05) is 0 Å². The SMILES string of the molecule is CNS(=O)(=O)CCNc1cc(NN)nc(C)n1. The van der Waals surface area contributed by atoms with E-state index in [2.05, 4.69) is 25.4 Å². The second-order valence-corrected chi connectivity index (χ2v) is 5.33. The summed E-state index contributed by atoms with van der Waals surface area (Å²) in [6.07, 6.45) is 0. The summed E-state index contributed by atoms with van der Waals surface area (Å²) >= 11 is 0. The van der Waals surface area contributed by atoms with Crippen LogP contribution in [0.1, 0.15) is 5.82 Å². The molecule has 0 saturated carbocycles. The third kappa shape index (κ3) is 4.51. The molecule has 8 nitrogen and oxygen atoms in total. The van der Waals surface area contributed by atoms with Gasteiger partial charge in [0.1, 0.15) is 17.5 Å². The predicted molar refractivity (Wildman–Crippen MR) is 65.9 cm³/mol. The Balaban J connectivity index is 2.61. The maximum Gasteiger partial charge on any atom is 0.213 e. The fourth-order valence-corrected chi connectivity index (χ4v) is 1.72. The van der Waals surface area contributed by atoms with Gasteiger partial charge in [0.05, 0.1) is 5.75 Å². The normalized spacial score (nSPS) is 11.2. The standard InChI is InChI=1S/C8H16N6O2S/c1-6-12-7(5-8(13-6)14-9)11-3-4-17(15,16)10-2/h5,10H,3-4,9H2,1-2H3,(H2,11,12,13,14). The van der Waals surface area contributed by atoms with Crippen molar-refractivity contribution in [1.29, 1.82) is 0 Å². The maximum absolute atomic E-state index is 11.2. The molecule has 1 rings (SSSR count). The van der Waals surface area contributed by atoms with Gasteiger partial charge in [0.2, 0.25) is 10.0 Å². The molecule has 0 fully saturated rings. The van der Waals surface area contributed by atoms with Gasteiger partial charge in [0, 0.05) is 12.6 Å². The summed E-state index contributed by atoms with van der Waals surface area (Å²) in [5.74, 6) is 6.74. The van der Waals surface area contributed by atoms with Crippen LogP contribution in [0.3, 0.4) is 0 Å². The summed E-state index contributed by atoms with van der Waals surface area (Å²) in [5, 5.41) is 2.88. The van der Waals surface area contributed by atoms with E-state index in [1.54, 1.807) is 13.0 Å². The summed E-state index contributed by atoms with van der Waals surface area (Å²) in [4.78, 5) is 8.10. The monoisotopic (exact) mass is 260 g/mol. The fraction of sp³-hybridized carbons (Fsp3) is 0.500. The zero-order chi connectivity index (χ0) is 12.9. The molecule has 1 aromatic heterocycles. The Labute approximate surface area is 100 Å². The highest BCUT2D eigenvalue weighted by molar-refractivity contribution is 7.89. The first-order valence-corrected chi connectivity index (χ1v) is 6.59. The number of rotatable bonds is 6. The van der Waals surface area contributed by atoms with E-state index in [4.69, 9.17) is 5.84 Å². The summed E-state index contributed by atoms with van der Waals surface area (Å²) in [6, 6.07) is 1.60. The van der Waals surface area contributed by atoms with Gasteiger partial charge in [0.25, 0.3) is 0 Å². The molecule has 0 radical (unpaired) electrons. The number of hydrazine groups is 1. The van der Waals surface area contributed by atoms with Crippen molar-refractivity contribution in [2.75, 3.05) is 30.1 Å². The minimum Gasteiger partial charge on any atom is -0.369 e. The van der Waals surface area contributed by atoms with Gasteiger partial charge >= 0.3 is 0 Å². The first-order chi connectivity index (χ1) is 7.96. The number of nitrogens with zero attached hydrogens (tertiary/aromatic N) is 2. The molecule has 9 heteroatoms. The molecule has 0 atom stereocenters. The minimum atomic E-state index is -3.21. The molecule has 0 aliphatic rings. The maximum atomic E-state index is 11.2. The first kappa shape index (κ1) is 13.6. The Morgan fingerprint density at radius 2 is 2.00 bits per heavy atom. The van der Waals surface area contributed by atoms with Crippen LogP contribution in [-0.2, 0) is 10.0 Å². The topological polar surface area (TPSA) is 122 Å². The van der Waals surface area contributed by atoms with Crippen LogP contribution in [0.15, 0.2) is 6.07 Å². The van der Waals surface area contributed by atoms with Crippen LogP contribution in [0.25, 0.3) is 0 Å². The van der Waals surface area contributed by atoms with Crippen molar-refractivity contribution >= 4 is 21.7 Å². The van der Waals surface area contributed by atoms with Gasteiger partial charge in [-0.3, -0.25) is 0 Å². The van der Waals surface area contributed by atoms with Crippen molar-refractivity contribution < 1.29 is 8.42 Å². The molecule has 0 bridgehead atoms. The van der Waals surface area contributed by atoms with Crippen molar-refractivity contribution in [3.63, 3.8) is 0 Å². The van der Waals surface area contributed by atoms with E-state index in [-0.39, 0.29) is 12.3 Å². The lowest BCUT2D eigenvalue weighted by atomic mass is 10.5. The number of anilines is 2. The number of aromatic nitrogens is 2. The molecule has 0 aliphatic heterocycles. The molecule has 0 aromatic carbocycles. The van der Waals surface area contributed by atoms with Crippen LogP contribution >= 0.6 is 0 Å². The van der Waals surface area contributed by atoms with Crippen molar-refractivity contribution in [2.45, 2.75) is 6.92 Å². The summed E-state index contributed by atoms with van der Waals surface area (Å²) in [5.41, 5.74) is 2.40. The summed E-state index contributed by atoms with van der Waals surface area (Å²) in [6.45, 7) is 1.97. The average molecular weight is 260 g/mol. The van der Waals surface area contributed by atoms with Crippen molar-refractivity contribution in [2.24, 2.45) is 5.84 Å². The molecule has 0 aliphatic carbocycles. The quantitative estimate of drug-likeness (QED) is 0.383. The highest BCUT2D eigenvalue weighted by Crippen LogP contribution is 2.09. The Bertz CT molecular complexity index is 475. The van der Waals surface area contributed by atoms with Crippen LogP contribution in [0, 0.1) is 6.92 Å². The van der Waals surface area contributed by atoms with Crippen LogP contribution in [0.5, 0.6) is 0 Å². The van der Waals surface area contributed by atoms with Crippen LogP contribution in [0.4, 0.5) is 11.6 Å². The minimum absolute atomic E-state index is 0.0298. The zero-order valence-electron chi connectivity index (χ0n) is 9.69. The highest BCUT2D eigenvalue weighted by atomic mass is 32.2. The molecule has 0 unspecified atom stereocenters. The first-order valence-electron chi connectivity index (χ1n) is 4.94. The molecule has 96 valence electrons. The molecular weight excluding hydrogens is 244 g/mol. The van der Waals surface area contributed by atoms with E-state index in [0.717, 1.165) is 0 Å². The lowest BCUT2D eigenvalue weighted by molar-refractivity contribution is 0.588. The van der Waals surface area contributed by atoms with Crippen molar-refractivity contribution in [1.82, 2.24) is 14.7 Å². The van der Waals surface area contributed by atoms with Gasteiger partial charge in [-0.25, -0.2) is 29.0 Å². The van der Waals surface area contributed by atoms with Crippen LogP contribution in [0.2, 0.25) is 0 Å². The predicted octanol–water partition coefficient (Wildman–Crippen LogP) is -0.968. The third-order valence-electron chi connectivity index (χ3n) is 1.97. The third-order valence-corrected chi connectivity index (χ3v) is 3.34. The number of nitrogens with one attached hydrogen (secondary N) is 3.